The largest absolute Gasteiger partial charge is 0.352 e. The first-order chi connectivity index (χ1) is 12.9. The monoisotopic (exact) mass is 364 g/mol. The Morgan fingerprint density at radius 1 is 1.15 bits per heavy atom. The van der Waals surface area contributed by atoms with Gasteiger partial charge in [0.05, 0.1) is 0 Å². The van der Waals surface area contributed by atoms with Crippen molar-refractivity contribution in [1.82, 2.24) is 10.2 Å². The summed E-state index contributed by atoms with van der Waals surface area (Å²) in [5.74, 6) is 2.41. The van der Waals surface area contributed by atoms with E-state index in [1.54, 1.807) is 6.07 Å². The second kappa shape index (κ2) is 5.95. The second-order valence-electron chi connectivity index (χ2n) is 9.45. The molecule has 4 fully saturated rings. The molecule has 4 bridgehead atoms. The number of carbonyl (C=O) groups is 2. The Kier molecular flexibility index (Phi) is 3.75. The summed E-state index contributed by atoms with van der Waals surface area (Å²) in [6, 6.07) is 7.62. The summed E-state index contributed by atoms with van der Waals surface area (Å²) in [5, 5.41) is 3.26. The van der Waals surface area contributed by atoms with E-state index >= 15 is 0 Å². The number of amides is 2. The smallest absolute Gasteiger partial charge is 0.259 e. The van der Waals surface area contributed by atoms with Gasteiger partial charge < -0.3 is 5.32 Å². The van der Waals surface area contributed by atoms with Crippen LogP contribution in [0.4, 0.5) is 0 Å². The van der Waals surface area contributed by atoms with Crippen molar-refractivity contribution < 1.29 is 9.59 Å². The lowest BCUT2D eigenvalue weighted by molar-refractivity contribution is -0.126. The molecule has 4 aliphatic carbocycles. The van der Waals surface area contributed by atoms with Crippen LogP contribution in [0.25, 0.3) is 5.70 Å². The maximum Gasteiger partial charge on any atom is 0.259 e. The van der Waals surface area contributed by atoms with E-state index in [1.165, 1.54) is 43.4 Å². The van der Waals surface area contributed by atoms with E-state index < -0.39 is 0 Å². The number of hydrogen-bond acceptors (Lipinski definition) is 2. The quantitative estimate of drug-likeness (QED) is 0.883. The number of carbonyl (C=O) groups excluding carboxylic acids is 2. The fourth-order valence-corrected chi connectivity index (χ4v) is 6.79. The standard InChI is InChI=1S/C23H28N2O2/c1-14-19-5-3-4-6-20(19)22(27)25(14)13-21(26)24-15(2)23-10-16-7-17(11-23)9-18(8-16)12-23/h3-6,15-18H,1,7-13H2,2H3,(H,24,26). The van der Waals surface area contributed by atoms with Crippen LogP contribution in [-0.2, 0) is 4.79 Å². The molecule has 6 rings (SSSR count). The molecule has 5 aliphatic rings. The highest BCUT2D eigenvalue weighted by atomic mass is 16.2. The molecule has 142 valence electrons. The predicted octanol–water partition coefficient (Wildman–Crippen LogP) is 3.83. The van der Waals surface area contributed by atoms with Crippen molar-refractivity contribution in [3.8, 4) is 0 Å². The molecule has 27 heavy (non-hydrogen) atoms. The lowest BCUT2D eigenvalue weighted by atomic mass is 9.48. The van der Waals surface area contributed by atoms with Gasteiger partial charge in [0, 0.05) is 22.9 Å². The van der Waals surface area contributed by atoms with Gasteiger partial charge >= 0.3 is 0 Å². The topological polar surface area (TPSA) is 49.4 Å². The molecule has 1 atom stereocenters. The molecule has 4 heteroatoms. The van der Waals surface area contributed by atoms with Gasteiger partial charge in [0.15, 0.2) is 0 Å². The molecule has 1 N–H and O–H groups in total. The summed E-state index contributed by atoms with van der Waals surface area (Å²) in [6.07, 6.45) is 8.00. The Balaban J connectivity index is 1.27. The molecule has 1 aliphatic heterocycles. The lowest BCUT2D eigenvalue weighted by Crippen LogP contribution is -2.56. The van der Waals surface area contributed by atoms with Crippen molar-refractivity contribution in [2.45, 2.75) is 51.5 Å². The summed E-state index contributed by atoms with van der Waals surface area (Å²) >= 11 is 0. The number of nitrogens with one attached hydrogen (secondary N) is 1. The Morgan fingerprint density at radius 2 is 1.70 bits per heavy atom. The molecule has 4 saturated carbocycles. The van der Waals surface area contributed by atoms with Crippen molar-refractivity contribution in [2.75, 3.05) is 6.54 Å². The first kappa shape index (κ1) is 17.0. The number of fused-ring (bicyclic) bond motifs is 1. The molecule has 1 aromatic carbocycles. The first-order valence-corrected chi connectivity index (χ1v) is 10.3. The number of rotatable bonds is 4. The van der Waals surface area contributed by atoms with E-state index in [9.17, 15) is 9.59 Å². The normalized spacial score (nSPS) is 34.7. The molecular weight excluding hydrogens is 336 g/mol. The Labute approximate surface area is 161 Å². The third-order valence-electron chi connectivity index (χ3n) is 7.72. The van der Waals surface area contributed by atoms with E-state index in [2.05, 4.69) is 18.8 Å². The number of hydrogen-bond donors (Lipinski definition) is 1. The number of benzene rings is 1. The minimum Gasteiger partial charge on any atom is -0.352 e. The molecule has 0 aromatic heterocycles. The zero-order valence-electron chi connectivity index (χ0n) is 16.0. The van der Waals surface area contributed by atoms with Gasteiger partial charge in [-0.05, 0) is 74.7 Å². The van der Waals surface area contributed by atoms with Crippen LogP contribution in [0.15, 0.2) is 30.8 Å². The average Bonchev–Trinajstić information content (AvgIpc) is 2.86. The van der Waals surface area contributed by atoms with Crippen LogP contribution in [0.5, 0.6) is 0 Å². The Morgan fingerprint density at radius 3 is 2.26 bits per heavy atom. The van der Waals surface area contributed by atoms with E-state index in [0.29, 0.717) is 11.3 Å². The lowest BCUT2D eigenvalue weighted by Gasteiger charge is -2.59. The van der Waals surface area contributed by atoms with Crippen molar-refractivity contribution in [1.29, 1.82) is 0 Å². The zero-order valence-corrected chi connectivity index (χ0v) is 16.0. The van der Waals surface area contributed by atoms with E-state index in [4.69, 9.17) is 0 Å². The van der Waals surface area contributed by atoms with Gasteiger partial charge in [0.25, 0.3) is 5.91 Å². The van der Waals surface area contributed by atoms with Crippen molar-refractivity contribution in [3.05, 3.63) is 42.0 Å². The number of nitrogens with zero attached hydrogens (tertiary/aromatic N) is 1. The van der Waals surface area contributed by atoms with Crippen LogP contribution < -0.4 is 5.32 Å². The predicted molar refractivity (Wildman–Crippen MR) is 105 cm³/mol. The third-order valence-corrected chi connectivity index (χ3v) is 7.72. The molecule has 2 amide bonds. The summed E-state index contributed by atoms with van der Waals surface area (Å²) in [5.41, 5.74) is 2.39. The van der Waals surface area contributed by atoms with Gasteiger partial charge in [0.1, 0.15) is 6.54 Å². The maximum absolute atomic E-state index is 12.8. The summed E-state index contributed by atoms with van der Waals surface area (Å²) < 4.78 is 0. The van der Waals surface area contributed by atoms with Crippen molar-refractivity contribution >= 4 is 17.5 Å². The highest BCUT2D eigenvalue weighted by molar-refractivity contribution is 6.10. The van der Waals surface area contributed by atoms with Crippen LogP contribution in [0.2, 0.25) is 0 Å². The highest BCUT2D eigenvalue weighted by Gasteiger charge is 2.53. The average molecular weight is 364 g/mol. The van der Waals surface area contributed by atoms with Crippen LogP contribution in [0, 0.1) is 23.2 Å². The Bertz CT molecular complexity index is 757. The van der Waals surface area contributed by atoms with Gasteiger partial charge in [-0.3, -0.25) is 14.5 Å². The SMILES string of the molecule is C=C1c2ccccc2C(=O)N1CC(=O)NC(C)C12CC3CC(CC(C3)C1)C2. The zero-order chi connectivity index (χ0) is 18.8. The van der Waals surface area contributed by atoms with E-state index in [0.717, 1.165) is 23.3 Å². The van der Waals surface area contributed by atoms with Gasteiger partial charge in [-0.1, -0.05) is 24.8 Å². The van der Waals surface area contributed by atoms with Crippen molar-refractivity contribution in [2.24, 2.45) is 23.2 Å². The molecular formula is C23H28N2O2. The summed E-state index contributed by atoms with van der Waals surface area (Å²) in [7, 11) is 0. The summed E-state index contributed by atoms with van der Waals surface area (Å²) in [4.78, 5) is 27.0. The fourth-order valence-electron chi connectivity index (χ4n) is 6.79. The molecule has 1 unspecified atom stereocenters. The van der Waals surface area contributed by atoms with Gasteiger partial charge in [-0.15, -0.1) is 0 Å². The molecule has 1 heterocycles. The maximum atomic E-state index is 12.8. The van der Waals surface area contributed by atoms with Gasteiger partial charge in [0.2, 0.25) is 5.91 Å². The van der Waals surface area contributed by atoms with Gasteiger partial charge in [-0.2, -0.15) is 0 Å². The van der Waals surface area contributed by atoms with Crippen molar-refractivity contribution in [3.63, 3.8) is 0 Å². The van der Waals surface area contributed by atoms with E-state index in [1.807, 2.05) is 18.2 Å². The second-order valence-corrected chi connectivity index (χ2v) is 9.45. The van der Waals surface area contributed by atoms with Crippen LogP contribution in [0.1, 0.15) is 61.4 Å². The summed E-state index contributed by atoms with van der Waals surface area (Å²) in [6.45, 7) is 6.28. The molecule has 4 nitrogen and oxygen atoms in total. The minimum atomic E-state index is -0.117. The van der Waals surface area contributed by atoms with Crippen LogP contribution >= 0.6 is 0 Å². The molecule has 0 saturated heterocycles. The van der Waals surface area contributed by atoms with Gasteiger partial charge in [-0.25, -0.2) is 0 Å². The molecule has 0 spiro atoms. The first-order valence-electron chi connectivity index (χ1n) is 10.3. The Hall–Kier alpha value is -2.10. The third kappa shape index (κ3) is 2.64. The highest BCUT2D eigenvalue weighted by Crippen LogP contribution is 2.61. The van der Waals surface area contributed by atoms with Crippen LogP contribution in [-0.4, -0.2) is 29.3 Å². The fraction of sp³-hybridized carbons (Fsp3) is 0.565. The molecule has 0 radical (unpaired) electrons. The van der Waals surface area contributed by atoms with E-state index in [-0.39, 0.29) is 29.8 Å². The van der Waals surface area contributed by atoms with Crippen LogP contribution in [0.3, 0.4) is 0 Å². The minimum absolute atomic E-state index is 0.0586. The molecule has 1 aromatic rings.